The summed E-state index contributed by atoms with van der Waals surface area (Å²) in [6, 6.07) is 22.1. The molecule has 7 heteroatoms. The highest BCUT2D eigenvalue weighted by atomic mass is 32.2. The first-order chi connectivity index (χ1) is 14.6. The minimum absolute atomic E-state index is 0.0514. The van der Waals surface area contributed by atoms with Gasteiger partial charge in [-0.25, -0.2) is 9.50 Å². The molecule has 0 aliphatic heterocycles. The summed E-state index contributed by atoms with van der Waals surface area (Å²) in [5, 5.41) is 8.17. The fourth-order valence-electron chi connectivity index (χ4n) is 3.36. The lowest BCUT2D eigenvalue weighted by molar-refractivity contribution is -0.119. The van der Waals surface area contributed by atoms with E-state index in [1.165, 1.54) is 17.3 Å². The van der Waals surface area contributed by atoms with Crippen LogP contribution in [0.25, 0.3) is 5.78 Å². The first-order valence-electron chi connectivity index (χ1n) is 9.80. The third kappa shape index (κ3) is 4.86. The number of aryl methyl sites for hydroxylation is 2. The Bertz CT molecular complexity index is 1140. The molecule has 0 fully saturated rings. The maximum Gasteiger partial charge on any atom is 0.253 e. The lowest BCUT2D eigenvalue weighted by Crippen LogP contribution is -2.31. The lowest BCUT2D eigenvalue weighted by atomic mass is 9.99. The largest absolute Gasteiger partial charge is 0.348 e. The van der Waals surface area contributed by atoms with Gasteiger partial charge in [0.05, 0.1) is 11.8 Å². The molecular weight excluding hydrogens is 394 g/mol. The summed E-state index contributed by atoms with van der Waals surface area (Å²) < 4.78 is 1.70. The molecule has 0 bridgehead atoms. The molecule has 1 atom stereocenters. The van der Waals surface area contributed by atoms with E-state index in [4.69, 9.17) is 0 Å². The number of nitrogens with one attached hydrogen (secondary N) is 1. The van der Waals surface area contributed by atoms with Gasteiger partial charge < -0.3 is 5.32 Å². The Balaban J connectivity index is 1.44. The van der Waals surface area contributed by atoms with Crippen LogP contribution in [0.1, 0.15) is 28.6 Å². The van der Waals surface area contributed by atoms with Crippen LogP contribution in [0, 0.1) is 13.8 Å². The van der Waals surface area contributed by atoms with E-state index in [0.717, 1.165) is 23.4 Å². The van der Waals surface area contributed by atoms with Crippen molar-refractivity contribution in [1.82, 2.24) is 24.9 Å². The van der Waals surface area contributed by atoms with Crippen molar-refractivity contribution in [3.63, 3.8) is 0 Å². The van der Waals surface area contributed by atoms with Gasteiger partial charge >= 0.3 is 0 Å². The fourth-order valence-corrected chi connectivity index (χ4v) is 3.99. The van der Waals surface area contributed by atoms with Crippen molar-refractivity contribution in [2.24, 2.45) is 0 Å². The van der Waals surface area contributed by atoms with Crippen LogP contribution < -0.4 is 5.32 Å². The van der Waals surface area contributed by atoms with E-state index >= 15 is 0 Å². The number of fused-ring (bicyclic) bond motifs is 1. The first kappa shape index (κ1) is 20.1. The topological polar surface area (TPSA) is 72.2 Å². The van der Waals surface area contributed by atoms with Gasteiger partial charge in [0.15, 0.2) is 0 Å². The molecule has 2 aromatic carbocycles. The van der Waals surface area contributed by atoms with Crippen LogP contribution in [0.2, 0.25) is 0 Å². The van der Waals surface area contributed by atoms with Crippen LogP contribution in [0.5, 0.6) is 0 Å². The van der Waals surface area contributed by atoms with E-state index in [1.54, 1.807) is 4.52 Å². The maximum atomic E-state index is 12.7. The Hall–Kier alpha value is -3.19. The summed E-state index contributed by atoms with van der Waals surface area (Å²) >= 11 is 1.32. The van der Waals surface area contributed by atoms with Crippen molar-refractivity contribution in [3.05, 3.63) is 89.2 Å². The summed E-state index contributed by atoms with van der Waals surface area (Å²) in [5.41, 5.74) is 4.13. The number of rotatable bonds is 7. The van der Waals surface area contributed by atoms with Gasteiger partial charge in [0.1, 0.15) is 0 Å². The van der Waals surface area contributed by atoms with Crippen LogP contribution in [0.15, 0.2) is 71.9 Å². The minimum Gasteiger partial charge on any atom is -0.348 e. The monoisotopic (exact) mass is 417 g/mol. The van der Waals surface area contributed by atoms with Crippen LogP contribution in [-0.4, -0.2) is 31.2 Å². The molecule has 30 heavy (non-hydrogen) atoms. The number of aromatic nitrogens is 4. The minimum atomic E-state index is -0.0951. The van der Waals surface area contributed by atoms with E-state index in [-0.39, 0.29) is 17.7 Å². The lowest BCUT2D eigenvalue weighted by Gasteiger charge is -2.19. The van der Waals surface area contributed by atoms with Crippen molar-refractivity contribution < 1.29 is 4.79 Å². The van der Waals surface area contributed by atoms with Crippen molar-refractivity contribution >= 4 is 23.4 Å². The molecule has 2 heterocycles. The molecule has 2 aromatic heterocycles. The number of carbonyl (C=O) groups is 1. The van der Waals surface area contributed by atoms with Gasteiger partial charge in [0.25, 0.3) is 5.78 Å². The van der Waals surface area contributed by atoms with Gasteiger partial charge in [-0.1, -0.05) is 72.4 Å². The predicted molar refractivity (Wildman–Crippen MR) is 118 cm³/mol. The zero-order valence-corrected chi connectivity index (χ0v) is 17.8. The second-order valence-electron chi connectivity index (χ2n) is 7.15. The van der Waals surface area contributed by atoms with E-state index in [2.05, 4.69) is 32.5 Å². The Morgan fingerprint density at radius 2 is 1.73 bits per heavy atom. The molecule has 0 aliphatic carbocycles. The number of thioether (sulfide) groups is 1. The number of amides is 1. The van der Waals surface area contributed by atoms with E-state index in [0.29, 0.717) is 10.9 Å². The third-order valence-corrected chi connectivity index (χ3v) is 5.59. The highest BCUT2D eigenvalue weighted by Gasteiger charge is 2.16. The number of hydrogen-bond donors (Lipinski definition) is 1. The van der Waals surface area contributed by atoms with Gasteiger partial charge in [-0.05, 0) is 37.5 Å². The van der Waals surface area contributed by atoms with E-state index < -0.39 is 0 Å². The normalized spacial score (nSPS) is 12.1. The van der Waals surface area contributed by atoms with Crippen molar-refractivity contribution in [2.45, 2.75) is 31.5 Å². The molecular formula is C23H23N5OS. The quantitative estimate of drug-likeness (QED) is 0.461. The van der Waals surface area contributed by atoms with Crippen LogP contribution in [-0.2, 0) is 11.2 Å². The Kier molecular flexibility index (Phi) is 6.09. The van der Waals surface area contributed by atoms with E-state index in [9.17, 15) is 4.79 Å². The van der Waals surface area contributed by atoms with Crippen LogP contribution in [0.3, 0.4) is 0 Å². The molecule has 4 rings (SSSR count). The van der Waals surface area contributed by atoms with Crippen LogP contribution in [0.4, 0.5) is 0 Å². The smallest absolute Gasteiger partial charge is 0.253 e. The zero-order valence-electron chi connectivity index (χ0n) is 16.9. The molecule has 0 radical (unpaired) electrons. The molecule has 1 amide bonds. The van der Waals surface area contributed by atoms with Gasteiger partial charge in [-0.15, -0.1) is 5.10 Å². The highest BCUT2D eigenvalue weighted by Crippen LogP contribution is 2.20. The first-order valence-corrected chi connectivity index (χ1v) is 10.8. The molecule has 0 unspecified atom stereocenters. The third-order valence-electron chi connectivity index (χ3n) is 4.75. The van der Waals surface area contributed by atoms with Crippen molar-refractivity contribution in [2.75, 3.05) is 5.75 Å². The Morgan fingerprint density at radius 3 is 2.47 bits per heavy atom. The molecule has 6 nitrogen and oxygen atoms in total. The van der Waals surface area contributed by atoms with Crippen molar-refractivity contribution in [3.8, 4) is 0 Å². The fraction of sp³-hybridized carbons (Fsp3) is 0.217. The summed E-state index contributed by atoms with van der Waals surface area (Å²) in [7, 11) is 0. The van der Waals surface area contributed by atoms with Crippen LogP contribution >= 0.6 is 11.8 Å². The average Bonchev–Trinajstić information content (AvgIpc) is 3.16. The molecule has 4 aromatic rings. The van der Waals surface area contributed by atoms with Crippen molar-refractivity contribution in [1.29, 1.82) is 0 Å². The highest BCUT2D eigenvalue weighted by molar-refractivity contribution is 7.99. The SMILES string of the molecule is Cc1cc(C)n2nc(SCC(=O)N[C@H](Cc3ccccc3)c3ccccc3)nc2n1. The summed E-state index contributed by atoms with van der Waals surface area (Å²) in [5.74, 6) is 0.749. The summed E-state index contributed by atoms with van der Waals surface area (Å²) in [6.45, 7) is 3.89. The average molecular weight is 418 g/mol. The standard InChI is InChI=1S/C23H23N5OS/c1-16-13-17(2)28-22(24-16)26-23(27-28)30-15-21(29)25-20(19-11-7-4-8-12-19)14-18-9-5-3-6-10-18/h3-13,20H,14-15H2,1-2H3,(H,25,29)/t20-/m1/s1. The maximum absolute atomic E-state index is 12.7. The molecule has 0 saturated carbocycles. The van der Waals surface area contributed by atoms with Gasteiger partial charge in [0.2, 0.25) is 11.1 Å². The number of carbonyl (C=O) groups excluding carboxylic acids is 1. The number of benzene rings is 2. The molecule has 152 valence electrons. The number of hydrogen-bond acceptors (Lipinski definition) is 5. The summed E-state index contributed by atoms with van der Waals surface area (Å²) in [6.07, 6.45) is 0.732. The predicted octanol–water partition coefficient (Wildman–Crippen LogP) is 3.93. The zero-order chi connectivity index (χ0) is 20.9. The Labute approximate surface area is 179 Å². The van der Waals surface area contributed by atoms with Gasteiger partial charge in [-0.2, -0.15) is 4.98 Å². The van der Waals surface area contributed by atoms with Gasteiger partial charge in [-0.3, -0.25) is 4.79 Å². The number of nitrogens with zero attached hydrogens (tertiary/aromatic N) is 4. The van der Waals surface area contributed by atoms with E-state index in [1.807, 2.05) is 68.4 Å². The molecule has 1 N–H and O–H groups in total. The van der Waals surface area contributed by atoms with Gasteiger partial charge in [0, 0.05) is 11.4 Å². The summed E-state index contributed by atoms with van der Waals surface area (Å²) in [4.78, 5) is 21.5. The molecule has 0 aliphatic rings. The molecule has 0 spiro atoms. The second-order valence-corrected chi connectivity index (χ2v) is 8.10. The Morgan fingerprint density at radius 1 is 1.03 bits per heavy atom. The second kappa shape index (κ2) is 9.09. The molecule has 0 saturated heterocycles.